The molecular weight excluding hydrogens is 72.1 g/mol. The fraction of sp³-hybridized carbons (Fsp3) is 0.667. The summed E-state index contributed by atoms with van der Waals surface area (Å²) in [4.78, 5) is 0. The van der Waals surface area contributed by atoms with Crippen LogP contribution in [-0.4, -0.2) is 0 Å². The first kappa shape index (κ1) is 0.683. The van der Waals surface area contributed by atoms with Crippen molar-refractivity contribution in [3.8, 4) is 0 Å². The van der Waals surface area contributed by atoms with Gasteiger partial charge in [-0.15, -0.1) is 0 Å². The molecule has 0 heterocycles. The lowest BCUT2D eigenvalue weighted by molar-refractivity contribution is 0.730. The van der Waals surface area contributed by atoms with Crippen LogP contribution in [0.4, 0.5) is 0 Å². The predicted molar refractivity (Wildman–Crippen MR) is 27.6 cm³/mol. The molecule has 0 aromatic carbocycles. The monoisotopic (exact) mass is 90.1 g/mol. The highest BCUT2D eigenvalue weighted by Crippen LogP contribution is 2.07. The lowest BCUT2D eigenvalue weighted by atomic mass is 10.1. The molecule has 0 unspecified atom stereocenters. The summed E-state index contributed by atoms with van der Waals surface area (Å²) in [7, 11) is 0. The zero-order valence-corrected chi connectivity index (χ0v) is 3.21. The molecule has 0 N–H and O–H groups in total. The van der Waals surface area contributed by atoms with Crippen molar-refractivity contribution in [1.82, 2.24) is 0 Å². The maximum absolute atomic E-state index is 7.33. The van der Waals surface area contributed by atoms with Crippen LogP contribution in [-0.2, 0) is 0 Å². The van der Waals surface area contributed by atoms with Gasteiger partial charge in [-0.25, -0.2) is 0 Å². The van der Waals surface area contributed by atoms with Crippen LogP contribution in [0, 0.1) is 0 Å². The third kappa shape index (κ3) is 0.852. The van der Waals surface area contributed by atoms with Gasteiger partial charge in [-0.3, -0.25) is 0 Å². The Kier molecular flexibility index (Phi) is 0.229. The van der Waals surface area contributed by atoms with E-state index in [1.165, 1.54) is 0 Å². The van der Waals surface area contributed by atoms with Crippen molar-refractivity contribution in [2.24, 2.45) is 0 Å². The summed E-state index contributed by atoms with van der Waals surface area (Å²) in [5, 5.41) is 0. The van der Waals surface area contributed by atoms with E-state index in [-0.39, 0.29) is 0 Å². The smallest absolute Gasteiger partial charge is 0.0572 e. The zero-order chi connectivity index (χ0) is 11.4. The molecule has 34 valence electrons. The average Bonchev–Trinajstić information content (AvgIpc) is 1.99. The van der Waals surface area contributed by atoms with Crippen molar-refractivity contribution in [2.75, 3.05) is 0 Å². The van der Waals surface area contributed by atoms with E-state index in [9.17, 15) is 0 Å². The number of hydrogen-bond donors (Lipinski definition) is 0. The van der Waals surface area contributed by atoms with Crippen molar-refractivity contribution in [2.45, 2.75) is 25.5 Å². The Hall–Kier alpha value is -0.260. The highest BCUT2D eigenvalue weighted by atomic mass is 13.9. The summed E-state index contributed by atoms with van der Waals surface area (Å²) in [5.41, 5.74) is 0. The Morgan fingerprint density at radius 2 is 2.50 bits per heavy atom. The van der Waals surface area contributed by atoms with Crippen LogP contribution < -0.4 is 0 Å². The molecule has 0 aliphatic heterocycles. The van der Waals surface area contributed by atoms with Gasteiger partial charge in [-0.2, -0.15) is 0 Å². The standard InChI is InChI=1S/C6H10/c1-2-4-6-5-3-1/h1-2H,3-6H2/i1D,2D,3D2,5D2,6D2. The molecule has 0 nitrogen and oxygen atoms in total. The van der Waals surface area contributed by atoms with Gasteiger partial charge in [0.1, 0.15) is 0 Å². The van der Waals surface area contributed by atoms with Crippen molar-refractivity contribution < 1.29 is 11.0 Å². The van der Waals surface area contributed by atoms with Gasteiger partial charge in [0.25, 0.3) is 0 Å². The topological polar surface area (TPSA) is 0 Å². The SMILES string of the molecule is [2H]C1=C([2H])C([2H])([2H])C([2H])([2H])C([2H])([2H])C1. The molecule has 0 fully saturated rings. The molecule has 0 radical (unpaired) electrons. The Morgan fingerprint density at radius 1 is 1.50 bits per heavy atom. The molecule has 0 spiro atoms. The molecule has 0 heteroatoms. The summed E-state index contributed by atoms with van der Waals surface area (Å²) < 4.78 is 58.4. The minimum Gasteiger partial charge on any atom is -0.0885 e. The van der Waals surface area contributed by atoms with E-state index in [0.717, 1.165) is 0 Å². The fourth-order valence-electron chi connectivity index (χ4n) is 0.252. The highest BCUT2D eigenvalue weighted by Gasteiger charge is 1.87. The number of allylic oxidation sites excluding steroid dienone is 2. The van der Waals surface area contributed by atoms with Gasteiger partial charge in [-0.05, 0) is 25.5 Å². The number of hydrogen-bond acceptors (Lipinski definition) is 0. The molecule has 0 bridgehead atoms. The largest absolute Gasteiger partial charge is 0.0885 e. The molecular formula is C6H10. The Bertz CT molecular complexity index is 288. The molecule has 0 saturated carbocycles. The Balaban J connectivity index is 3.36. The first-order valence-electron chi connectivity index (χ1n) is 5.71. The third-order valence-corrected chi connectivity index (χ3v) is 0.479. The maximum atomic E-state index is 7.33. The Morgan fingerprint density at radius 3 is 3.50 bits per heavy atom. The van der Waals surface area contributed by atoms with Gasteiger partial charge in [-0.1, -0.05) is 12.1 Å². The van der Waals surface area contributed by atoms with Gasteiger partial charge >= 0.3 is 0 Å². The van der Waals surface area contributed by atoms with Crippen LogP contribution in [0.5, 0.6) is 0 Å². The van der Waals surface area contributed by atoms with Gasteiger partial charge in [0.05, 0.1) is 2.74 Å². The molecule has 6 heavy (non-hydrogen) atoms. The molecule has 0 aromatic heterocycles. The molecule has 0 amide bonds. The summed E-state index contributed by atoms with van der Waals surface area (Å²) in [6.45, 7) is 0. The van der Waals surface area contributed by atoms with Crippen LogP contribution in [0.1, 0.15) is 36.5 Å². The first-order valence-corrected chi connectivity index (χ1v) is 1.71. The van der Waals surface area contributed by atoms with Crippen LogP contribution in [0.25, 0.3) is 0 Å². The zero-order valence-electron chi connectivity index (χ0n) is 11.2. The van der Waals surface area contributed by atoms with Crippen LogP contribution in [0.2, 0.25) is 0 Å². The minimum atomic E-state index is -2.78. The molecule has 0 saturated heterocycles. The molecule has 1 aliphatic rings. The van der Waals surface area contributed by atoms with E-state index in [0.29, 0.717) is 0 Å². The normalized spacial score (nSPS) is 69.3. The minimum absolute atomic E-state index is 0.477. The summed E-state index contributed by atoms with van der Waals surface area (Å²) in [5.74, 6) is 0. The molecule has 0 atom stereocenters. The first-order chi connectivity index (χ1) is 6.04. The van der Waals surface area contributed by atoms with Crippen molar-refractivity contribution in [3.63, 3.8) is 0 Å². The second kappa shape index (κ2) is 2.01. The van der Waals surface area contributed by atoms with Gasteiger partial charge in [0, 0.05) is 8.22 Å². The molecule has 0 aromatic rings. The predicted octanol–water partition coefficient (Wildman–Crippen LogP) is 2.12. The quantitative estimate of drug-likeness (QED) is 0.400. The van der Waals surface area contributed by atoms with Gasteiger partial charge < -0.3 is 0 Å². The fourth-order valence-corrected chi connectivity index (χ4v) is 0.252. The van der Waals surface area contributed by atoms with E-state index < -0.39 is 37.6 Å². The summed E-state index contributed by atoms with van der Waals surface area (Å²) in [6, 6.07) is -1.24. The third-order valence-electron chi connectivity index (χ3n) is 0.479. The van der Waals surface area contributed by atoms with Crippen LogP contribution in [0.3, 0.4) is 0 Å². The lowest BCUT2D eigenvalue weighted by Crippen LogP contribution is -1.77. The summed E-state index contributed by atoms with van der Waals surface area (Å²) in [6.07, 6.45) is -8.52. The number of rotatable bonds is 0. The van der Waals surface area contributed by atoms with Crippen molar-refractivity contribution in [1.29, 1.82) is 0 Å². The van der Waals surface area contributed by atoms with E-state index in [2.05, 4.69) is 0 Å². The molecule has 1 rings (SSSR count). The second-order valence-electron chi connectivity index (χ2n) is 0.905. The summed E-state index contributed by atoms with van der Waals surface area (Å²) >= 11 is 0. The van der Waals surface area contributed by atoms with Gasteiger partial charge in [0.2, 0.25) is 0 Å². The average molecular weight is 90.2 g/mol. The highest BCUT2D eigenvalue weighted by molar-refractivity contribution is 4.85. The van der Waals surface area contributed by atoms with Crippen LogP contribution in [0.15, 0.2) is 12.1 Å². The van der Waals surface area contributed by atoms with Crippen LogP contribution >= 0.6 is 0 Å². The van der Waals surface area contributed by atoms with Gasteiger partial charge in [0.15, 0.2) is 0 Å². The second-order valence-corrected chi connectivity index (χ2v) is 0.905. The van der Waals surface area contributed by atoms with E-state index in [1.807, 2.05) is 0 Å². The lowest BCUT2D eigenvalue weighted by Gasteiger charge is -1.97. The Labute approximate surface area is 50.1 Å². The van der Waals surface area contributed by atoms with E-state index in [4.69, 9.17) is 11.0 Å². The van der Waals surface area contributed by atoms with Crippen molar-refractivity contribution >= 4 is 0 Å². The van der Waals surface area contributed by atoms with E-state index in [1.54, 1.807) is 0 Å². The maximum Gasteiger partial charge on any atom is 0.0572 e. The van der Waals surface area contributed by atoms with Crippen molar-refractivity contribution in [3.05, 3.63) is 12.1 Å². The molecule has 1 aliphatic carbocycles. The van der Waals surface area contributed by atoms with E-state index >= 15 is 0 Å².